The maximum absolute atomic E-state index is 12.7. The molecular formula is C23H28N2O2S. The maximum Gasteiger partial charge on any atom is 0.263 e. The van der Waals surface area contributed by atoms with Crippen molar-refractivity contribution in [1.82, 2.24) is 10.2 Å². The highest BCUT2D eigenvalue weighted by atomic mass is 32.1. The molecule has 1 fully saturated rings. The summed E-state index contributed by atoms with van der Waals surface area (Å²) in [5.41, 5.74) is 2.84. The Labute approximate surface area is 170 Å². The molecule has 0 bridgehead atoms. The minimum Gasteiger partial charge on any atom is -0.354 e. The lowest BCUT2D eigenvalue weighted by Crippen LogP contribution is -2.44. The van der Waals surface area contributed by atoms with Gasteiger partial charge in [-0.3, -0.25) is 9.59 Å². The van der Waals surface area contributed by atoms with Crippen molar-refractivity contribution in [3.63, 3.8) is 0 Å². The first kappa shape index (κ1) is 19.2. The Balaban J connectivity index is 1.49. The van der Waals surface area contributed by atoms with Gasteiger partial charge in [-0.1, -0.05) is 30.3 Å². The molecule has 0 unspecified atom stereocenters. The summed E-state index contributed by atoms with van der Waals surface area (Å²) in [5.74, 6) is 0.565. The molecule has 2 heterocycles. The fourth-order valence-corrected chi connectivity index (χ4v) is 5.67. The molecule has 1 aliphatic heterocycles. The van der Waals surface area contributed by atoms with Crippen molar-refractivity contribution in [2.45, 2.75) is 56.9 Å². The molecule has 2 aliphatic rings. The SMILES string of the molecule is CC(C)NC(=O)C[C@H]1CC2(CCN(C(=O)c3cccs3)CC2)c2ccccc21. The van der Waals surface area contributed by atoms with Crippen molar-refractivity contribution >= 4 is 23.2 Å². The van der Waals surface area contributed by atoms with E-state index in [1.165, 1.54) is 22.5 Å². The molecule has 1 N–H and O–H groups in total. The predicted octanol–water partition coefficient (Wildman–Crippen LogP) is 4.32. The van der Waals surface area contributed by atoms with E-state index in [0.717, 1.165) is 37.2 Å². The Morgan fingerprint density at radius 1 is 1.18 bits per heavy atom. The molecule has 1 atom stereocenters. The number of thiophene rings is 1. The van der Waals surface area contributed by atoms with Crippen LogP contribution < -0.4 is 5.32 Å². The Hall–Kier alpha value is -2.14. The van der Waals surface area contributed by atoms with Crippen molar-refractivity contribution < 1.29 is 9.59 Å². The third kappa shape index (κ3) is 3.60. The average molecular weight is 397 g/mol. The molecule has 5 heteroatoms. The molecular weight excluding hydrogens is 368 g/mol. The highest BCUT2D eigenvalue weighted by Crippen LogP contribution is 2.52. The monoisotopic (exact) mass is 396 g/mol. The number of rotatable bonds is 4. The summed E-state index contributed by atoms with van der Waals surface area (Å²) in [7, 11) is 0. The number of carbonyl (C=O) groups is 2. The number of carbonyl (C=O) groups excluding carboxylic acids is 2. The molecule has 4 rings (SSSR count). The molecule has 1 aromatic carbocycles. The molecule has 1 spiro atoms. The van der Waals surface area contributed by atoms with E-state index in [1.54, 1.807) is 0 Å². The van der Waals surface area contributed by atoms with Crippen LogP contribution in [0.2, 0.25) is 0 Å². The fourth-order valence-electron chi connectivity index (χ4n) is 4.98. The molecule has 0 saturated carbocycles. The van der Waals surface area contributed by atoms with Gasteiger partial charge in [-0.05, 0) is 67.0 Å². The van der Waals surface area contributed by atoms with Crippen molar-refractivity contribution in [2.24, 2.45) is 0 Å². The second kappa shape index (κ2) is 7.70. The van der Waals surface area contributed by atoms with Crippen molar-refractivity contribution in [3.8, 4) is 0 Å². The quantitative estimate of drug-likeness (QED) is 0.836. The van der Waals surface area contributed by atoms with Gasteiger partial charge in [0.15, 0.2) is 0 Å². The number of nitrogens with one attached hydrogen (secondary N) is 1. The third-order valence-electron chi connectivity index (χ3n) is 6.23. The van der Waals surface area contributed by atoms with E-state index >= 15 is 0 Å². The first-order chi connectivity index (χ1) is 13.5. The summed E-state index contributed by atoms with van der Waals surface area (Å²) in [6.07, 6.45) is 3.51. The molecule has 2 aromatic rings. The van der Waals surface area contributed by atoms with Crippen molar-refractivity contribution in [3.05, 3.63) is 57.8 Å². The molecule has 148 valence electrons. The Morgan fingerprint density at radius 2 is 1.93 bits per heavy atom. The van der Waals surface area contributed by atoms with E-state index < -0.39 is 0 Å². The van der Waals surface area contributed by atoms with Crippen LogP contribution >= 0.6 is 11.3 Å². The lowest BCUT2D eigenvalue weighted by Gasteiger charge is -2.40. The van der Waals surface area contributed by atoms with E-state index in [0.29, 0.717) is 6.42 Å². The fraction of sp³-hybridized carbons (Fsp3) is 0.478. The summed E-state index contributed by atoms with van der Waals surface area (Å²) in [5, 5.41) is 5.00. The van der Waals surface area contributed by atoms with Gasteiger partial charge >= 0.3 is 0 Å². The van der Waals surface area contributed by atoms with Gasteiger partial charge in [-0.15, -0.1) is 11.3 Å². The first-order valence-electron chi connectivity index (χ1n) is 10.2. The van der Waals surface area contributed by atoms with Crippen molar-refractivity contribution in [1.29, 1.82) is 0 Å². The Morgan fingerprint density at radius 3 is 2.61 bits per heavy atom. The molecule has 2 amide bonds. The number of likely N-dealkylation sites (tertiary alicyclic amines) is 1. The molecule has 1 aromatic heterocycles. The average Bonchev–Trinajstić information content (AvgIpc) is 3.30. The molecule has 28 heavy (non-hydrogen) atoms. The van der Waals surface area contributed by atoms with Gasteiger partial charge in [0.25, 0.3) is 5.91 Å². The first-order valence-corrected chi connectivity index (χ1v) is 11.1. The zero-order valence-electron chi connectivity index (χ0n) is 16.6. The van der Waals surface area contributed by atoms with E-state index in [-0.39, 0.29) is 29.2 Å². The summed E-state index contributed by atoms with van der Waals surface area (Å²) < 4.78 is 0. The normalized spacial score (nSPS) is 20.4. The summed E-state index contributed by atoms with van der Waals surface area (Å²) in [4.78, 5) is 27.9. The summed E-state index contributed by atoms with van der Waals surface area (Å²) in [6, 6.07) is 12.6. The van der Waals surface area contributed by atoms with Gasteiger partial charge in [0.1, 0.15) is 0 Å². The summed E-state index contributed by atoms with van der Waals surface area (Å²) >= 11 is 1.51. The maximum atomic E-state index is 12.7. The molecule has 1 aliphatic carbocycles. The van der Waals surface area contributed by atoms with Gasteiger partial charge < -0.3 is 10.2 Å². The Bertz CT molecular complexity index is 851. The second-order valence-corrected chi connectivity index (χ2v) is 9.41. The highest BCUT2D eigenvalue weighted by molar-refractivity contribution is 7.12. The lowest BCUT2D eigenvalue weighted by molar-refractivity contribution is -0.122. The second-order valence-electron chi connectivity index (χ2n) is 8.46. The minimum absolute atomic E-state index is 0.103. The zero-order chi connectivity index (χ0) is 19.7. The lowest BCUT2D eigenvalue weighted by atomic mass is 9.73. The molecule has 4 nitrogen and oxygen atoms in total. The number of fused-ring (bicyclic) bond motifs is 2. The van der Waals surface area contributed by atoms with Crippen LogP contribution in [0.3, 0.4) is 0 Å². The van der Waals surface area contributed by atoms with E-state index in [4.69, 9.17) is 0 Å². The number of nitrogens with zero attached hydrogens (tertiary/aromatic N) is 1. The van der Waals surface area contributed by atoms with Crippen LogP contribution in [0.1, 0.15) is 66.2 Å². The number of piperidine rings is 1. The minimum atomic E-state index is 0.103. The molecule has 1 saturated heterocycles. The highest BCUT2D eigenvalue weighted by Gasteiger charge is 2.46. The van der Waals surface area contributed by atoms with Gasteiger partial charge in [-0.2, -0.15) is 0 Å². The van der Waals surface area contributed by atoms with Gasteiger partial charge in [0, 0.05) is 25.6 Å². The van der Waals surface area contributed by atoms with Gasteiger partial charge in [0.05, 0.1) is 4.88 Å². The van der Waals surface area contributed by atoms with Crippen LogP contribution in [-0.4, -0.2) is 35.8 Å². The number of amides is 2. The van der Waals surface area contributed by atoms with Crippen LogP contribution in [-0.2, 0) is 10.2 Å². The van der Waals surface area contributed by atoms with Crippen LogP contribution in [0.25, 0.3) is 0 Å². The zero-order valence-corrected chi connectivity index (χ0v) is 17.4. The van der Waals surface area contributed by atoms with E-state index in [2.05, 4.69) is 29.6 Å². The number of hydrogen-bond acceptors (Lipinski definition) is 3. The third-order valence-corrected chi connectivity index (χ3v) is 7.09. The smallest absolute Gasteiger partial charge is 0.263 e. The van der Waals surface area contributed by atoms with Crippen LogP contribution in [0.15, 0.2) is 41.8 Å². The van der Waals surface area contributed by atoms with E-state index in [1.807, 2.05) is 36.3 Å². The number of benzene rings is 1. The Kier molecular flexibility index (Phi) is 5.28. The van der Waals surface area contributed by atoms with Gasteiger partial charge in [0.2, 0.25) is 5.91 Å². The largest absolute Gasteiger partial charge is 0.354 e. The standard InChI is InChI=1S/C23H28N2O2S/c1-16(2)24-21(26)14-17-15-23(19-7-4-3-6-18(17)19)9-11-25(12-10-23)22(27)20-8-5-13-28-20/h3-8,13,16-17H,9-12,14-15H2,1-2H3,(H,24,26)/t17-/m0/s1. The van der Waals surface area contributed by atoms with E-state index in [9.17, 15) is 9.59 Å². The van der Waals surface area contributed by atoms with Gasteiger partial charge in [-0.25, -0.2) is 0 Å². The van der Waals surface area contributed by atoms with Crippen LogP contribution in [0.4, 0.5) is 0 Å². The van der Waals surface area contributed by atoms with Crippen LogP contribution in [0.5, 0.6) is 0 Å². The van der Waals surface area contributed by atoms with Crippen LogP contribution in [0, 0.1) is 0 Å². The summed E-state index contributed by atoms with van der Waals surface area (Å²) in [6.45, 7) is 5.58. The topological polar surface area (TPSA) is 49.4 Å². The number of hydrogen-bond donors (Lipinski definition) is 1. The molecule has 0 radical (unpaired) electrons. The van der Waals surface area contributed by atoms with Crippen molar-refractivity contribution in [2.75, 3.05) is 13.1 Å². The predicted molar refractivity (Wildman–Crippen MR) is 113 cm³/mol.